The Bertz CT molecular complexity index is 457. The predicted molar refractivity (Wildman–Crippen MR) is 88.2 cm³/mol. The quantitative estimate of drug-likeness (QED) is 0.686. The van der Waals surface area contributed by atoms with Gasteiger partial charge in [-0.05, 0) is 57.0 Å². The molecule has 21 heavy (non-hydrogen) atoms. The van der Waals surface area contributed by atoms with E-state index in [1.54, 1.807) is 6.07 Å². The average Bonchev–Trinajstić information content (AvgIpc) is 3.27. The van der Waals surface area contributed by atoms with Crippen molar-refractivity contribution in [3.05, 3.63) is 24.3 Å². The molecule has 0 unspecified atom stereocenters. The van der Waals surface area contributed by atoms with Gasteiger partial charge in [-0.3, -0.25) is 4.79 Å². The lowest BCUT2D eigenvalue weighted by Gasteiger charge is -2.21. The first kappa shape index (κ1) is 15.8. The van der Waals surface area contributed by atoms with Crippen LogP contribution in [0.15, 0.2) is 24.3 Å². The van der Waals surface area contributed by atoms with E-state index >= 15 is 0 Å². The van der Waals surface area contributed by atoms with E-state index in [-0.39, 0.29) is 5.91 Å². The van der Waals surface area contributed by atoms with Crippen molar-refractivity contribution >= 4 is 17.3 Å². The molecule has 1 saturated carbocycles. The second-order valence-electron chi connectivity index (χ2n) is 5.90. The van der Waals surface area contributed by atoms with Gasteiger partial charge in [0, 0.05) is 23.8 Å². The van der Waals surface area contributed by atoms with Crippen LogP contribution in [0.4, 0.5) is 11.4 Å². The molecule has 0 saturated heterocycles. The molecule has 0 aromatic heterocycles. The largest absolute Gasteiger partial charge is 0.399 e. The van der Waals surface area contributed by atoms with E-state index in [0.29, 0.717) is 12.1 Å². The number of rotatable bonds is 9. The van der Waals surface area contributed by atoms with Crippen molar-refractivity contribution in [1.29, 1.82) is 0 Å². The highest BCUT2D eigenvalue weighted by Crippen LogP contribution is 2.27. The second kappa shape index (κ2) is 8.03. The predicted octanol–water partition coefficient (Wildman–Crippen LogP) is 3.25. The van der Waals surface area contributed by atoms with Crippen LogP contribution in [0.2, 0.25) is 0 Å². The number of nitrogens with zero attached hydrogens (tertiary/aromatic N) is 1. The summed E-state index contributed by atoms with van der Waals surface area (Å²) in [6.07, 6.45) is 6.65. The molecular formula is C17H27N3O. The molecule has 0 aliphatic heterocycles. The minimum Gasteiger partial charge on any atom is -0.399 e. The highest BCUT2D eigenvalue weighted by molar-refractivity contribution is 5.91. The van der Waals surface area contributed by atoms with Gasteiger partial charge in [-0.1, -0.05) is 19.4 Å². The maximum atomic E-state index is 11.9. The molecule has 0 heterocycles. The number of hydrogen-bond donors (Lipinski definition) is 2. The van der Waals surface area contributed by atoms with Crippen LogP contribution in [-0.2, 0) is 4.79 Å². The number of nitrogens with one attached hydrogen (secondary N) is 1. The number of hydrogen-bond acceptors (Lipinski definition) is 3. The number of unbranched alkanes of at least 4 members (excludes halogenated alkanes) is 1. The maximum absolute atomic E-state index is 11.9. The summed E-state index contributed by atoms with van der Waals surface area (Å²) in [5.74, 6) is 0.0758. The van der Waals surface area contributed by atoms with E-state index in [1.165, 1.54) is 32.2 Å². The molecular weight excluding hydrogens is 262 g/mol. The van der Waals surface area contributed by atoms with Crippen LogP contribution in [0.5, 0.6) is 0 Å². The SMILES string of the molecule is CCCCN(CCCC(=O)Nc1cccc(N)c1)C1CC1. The van der Waals surface area contributed by atoms with Crippen LogP contribution in [-0.4, -0.2) is 29.9 Å². The Labute approximate surface area is 127 Å². The fourth-order valence-electron chi connectivity index (χ4n) is 2.56. The third kappa shape index (κ3) is 5.76. The topological polar surface area (TPSA) is 58.4 Å². The Balaban J connectivity index is 1.68. The first-order valence-corrected chi connectivity index (χ1v) is 8.08. The van der Waals surface area contributed by atoms with Crippen molar-refractivity contribution in [3.8, 4) is 0 Å². The summed E-state index contributed by atoms with van der Waals surface area (Å²) in [5, 5.41) is 2.91. The van der Waals surface area contributed by atoms with Gasteiger partial charge >= 0.3 is 0 Å². The van der Waals surface area contributed by atoms with Crippen molar-refractivity contribution in [2.24, 2.45) is 0 Å². The van der Waals surface area contributed by atoms with Gasteiger partial charge in [-0.15, -0.1) is 0 Å². The molecule has 3 N–H and O–H groups in total. The molecule has 1 fully saturated rings. The molecule has 1 amide bonds. The Kier molecular flexibility index (Phi) is 6.05. The van der Waals surface area contributed by atoms with Gasteiger partial charge in [0.05, 0.1) is 0 Å². The van der Waals surface area contributed by atoms with Gasteiger partial charge < -0.3 is 16.0 Å². The van der Waals surface area contributed by atoms with E-state index in [2.05, 4.69) is 17.1 Å². The molecule has 1 aliphatic rings. The van der Waals surface area contributed by atoms with Gasteiger partial charge in [0.2, 0.25) is 5.91 Å². The Morgan fingerprint density at radius 3 is 2.76 bits per heavy atom. The van der Waals surface area contributed by atoms with E-state index in [4.69, 9.17) is 5.73 Å². The molecule has 1 aromatic carbocycles. The van der Waals surface area contributed by atoms with Crippen LogP contribution < -0.4 is 11.1 Å². The first-order valence-electron chi connectivity index (χ1n) is 8.08. The molecule has 0 bridgehead atoms. The second-order valence-corrected chi connectivity index (χ2v) is 5.90. The van der Waals surface area contributed by atoms with Gasteiger partial charge in [-0.25, -0.2) is 0 Å². The smallest absolute Gasteiger partial charge is 0.224 e. The summed E-state index contributed by atoms with van der Waals surface area (Å²) < 4.78 is 0. The number of carbonyl (C=O) groups excluding carboxylic acids is 1. The molecule has 0 atom stereocenters. The monoisotopic (exact) mass is 289 g/mol. The molecule has 116 valence electrons. The van der Waals surface area contributed by atoms with Gasteiger partial charge in [0.15, 0.2) is 0 Å². The number of benzene rings is 1. The van der Waals surface area contributed by atoms with Crippen LogP contribution in [0.25, 0.3) is 0 Å². The number of nitrogen functional groups attached to an aromatic ring is 1. The van der Waals surface area contributed by atoms with Crippen molar-refractivity contribution < 1.29 is 4.79 Å². The minimum atomic E-state index is 0.0758. The zero-order chi connectivity index (χ0) is 15.1. The molecule has 0 radical (unpaired) electrons. The fourth-order valence-corrected chi connectivity index (χ4v) is 2.56. The third-order valence-electron chi connectivity index (χ3n) is 3.88. The fraction of sp³-hybridized carbons (Fsp3) is 0.588. The molecule has 4 heteroatoms. The highest BCUT2D eigenvalue weighted by Gasteiger charge is 2.27. The van der Waals surface area contributed by atoms with E-state index in [1.807, 2.05) is 18.2 Å². The number of amides is 1. The molecule has 1 aliphatic carbocycles. The lowest BCUT2D eigenvalue weighted by Crippen LogP contribution is -2.29. The molecule has 1 aromatic rings. The third-order valence-corrected chi connectivity index (χ3v) is 3.88. The summed E-state index contributed by atoms with van der Waals surface area (Å²) in [7, 11) is 0. The van der Waals surface area contributed by atoms with Crippen molar-refractivity contribution in [3.63, 3.8) is 0 Å². The van der Waals surface area contributed by atoms with Crippen LogP contribution in [0.3, 0.4) is 0 Å². The first-order chi connectivity index (χ1) is 10.2. The maximum Gasteiger partial charge on any atom is 0.224 e. The van der Waals surface area contributed by atoms with Crippen molar-refractivity contribution in [1.82, 2.24) is 4.90 Å². The van der Waals surface area contributed by atoms with Crippen molar-refractivity contribution in [2.45, 2.75) is 51.5 Å². The number of carbonyl (C=O) groups is 1. The van der Waals surface area contributed by atoms with Crippen LogP contribution in [0, 0.1) is 0 Å². The minimum absolute atomic E-state index is 0.0758. The summed E-state index contributed by atoms with van der Waals surface area (Å²) >= 11 is 0. The van der Waals surface area contributed by atoms with Gasteiger partial charge in [0.25, 0.3) is 0 Å². The summed E-state index contributed by atoms with van der Waals surface area (Å²) in [6.45, 7) is 4.44. The van der Waals surface area contributed by atoms with Crippen molar-refractivity contribution in [2.75, 3.05) is 24.1 Å². The lowest BCUT2D eigenvalue weighted by atomic mass is 10.2. The average molecular weight is 289 g/mol. The Morgan fingerprint density at radius 1 is 1.33 bits per heavy atom. The van der Waals surface area contributed by atoms with E-state index < -0.39 is 0 Å². The van der Waals surface area contributed by atoms with Gasteiger partial charge in [0.1, 0.15) is 0 Å². The van der Waals surface area contributed by atoms with E-state index in [9.17, 15) is 4.79 Å². The molecule has 0 spiro atoms. The van der Waals surface area contributed by atoms with Crippen LogP contribution >= 0.6 is 0 Å². The van der Waals surface area contributed by atoms with Crippen LogP contribution in [0.1, 0.15) is 45.4 Å². The zero-order valence-electron chi connectivity index (χ0n) is 13.0. The standard InChI is InChI=1S/C17H27N3O/c1-2-3-11-20(16-9-10-16)12-5-8-17(21)19-15-7-4-6-14(18)13-15/h4,6-7,13,16H,2-3,5,8-12,18H2,1H3,(H,19,21). The Morgan fingerprint density at radius 2 is 2.10 bits per heavy atom. The summed E-state index contributed by atoms with van der Waals surface area (Å²) in [4.78, 5) is 14.5. The Hall–Kier alpha value is -1.55. The lowest BCUT2D eigenvalue weighted by molar-refractivity contribution is -0.116. The highest BCUT2D eigenvalue weighted by atomic mass is 16.1. The van der Waals surface area contributed by atoms with E-state index in [0.717, 1.165) is 24.7 Å². The molecule has 2 rings (SSSR count). The van der Waals surface area contributed by atoms with Gasteiger partial charge in [-0.2, -0.15) is 0 Å². The number of anilines is 2. The molecule has 4 nitrogen and oxygen atoms in total. The summed E-state index contributed by atoms with van der Waals surface area (Å²) in [6, 6.07) is 8.11. The number of nitrogens with two attached hydrogens (primary N) is 1. The zero-order valence-corrected chi connectivity index (χ0v) is 13.0. The normalized spacial score (nSPS) is 14.4. The summed E-state index contributed by atoms with van der Waals surface area (Å²) in [5.41, 5.74) is 7.16.